The van der Waals surface area contributed by atoms with Gasteiger partial charge in [0.1, 0.15) is 10.7 Å². The summed E-state index contributed by atoms with van der Waals surface area (Å²) in [5, 5.41) is 8.88. The van der Waals surface area contributed by atoms with E-state index >= 15 is 0 Å². The molecule has 0 saturated carbocycles. The minimum atomic E-state index is 0.714. The Morgan fingerprint density at radius 3 is 3.06 bits per heavy atom. The predicted molar refractivity (Wildman–Crippen MR) is 77.0 cm³/mol. The molecule has 5 heteroatoms. The molecule has 2 heterocycles. The van der Waals surface area contributed by atoms with Gasteiger partial charge in [0.2, 0.25) is 0 Å². The van der Waals surface area contributed by atoms with E-state index in [1.54, 1.807) is 0 Å². The summed E-state index contributed by atoms with van der Waals surface area (Å²) < 4.78 is 4.09. The molecule has 0 aliphatic carbocycles. The molecule has 1 fully saturated rings. The molecule has 1 aliphatic rings. The Morgan fingerprint density at radius 2 is 2.33 bits per heavy atom. The molecule has 18 heavy (non-hydrogen) atoms. The van der Waals surface area contributed by atoms with E-state index in [1.807, 2.05) is 0 Å². The Labute approximate surface area is 114 Å². The molecule has 4 nitrogen and oxygen atoms in total. The first kappa shape index (κ1) is 13.7. The maximum atomic E-state index is 4.29. The fourth-order valence-electron chi connectivity index (χ4n) is 2.68. The molecule has 0 bridgehead atoms. The monoisotopic (exact) mass is 268 g/mol. The number of aromatic nitrogens is 2. The van der Waals surface area contributed by atoms with E-state index < -0.39 is 0 Å². The van der Waals surface area contributed by atoms with Crippen LogP contribution in [-0.2, 0) is 6.54 Å². The molecule has 1 aromatic rings. The predicted octanol–water partition coefficient (Wildman–Crippen LogP) is 2.98. The maximum absolute atomic E-state index is 4.29. The van der Waals surface area contributed by atoms with Crippen LogP contribution in [0.5, 0.6) is 0 Å². The molecule has 0 aromatic carbocycles. The van der Waals surface area contributed by atoms with Gasteiger partial charge in [-0.05, 0) is 31.7 Å². The normalized spacial score (nSPS) is 20.8. The van der Waals surface area contributed by atoms with Gasteiger partial charge in [0.15, 0.2) is 0 Å². The van der Waals surface area contributed by atoms with Crippen molar-refractivity contribution < 1.29 is 0 Å². The first-order chi connectivity index (χ1) is 8.72. The van der Waals surface area contributed by atoms with Gasteiger partial charge in [-0.25, -0.2) is 0 Å². The van der Waals surface area contributed by atoms with Crippen molar-refractivity contribution in [2.24, 2.45) is 5.92 Å². The average Bonchev–Trinajstić information content (AvgIpc) is 2.96. The van der Waals surface area contributed by atoms with Gasteiger partial charge in [-0.3, -0.25) is 4.90 Å². The minimum Gasteiger partial charge on any atom is -0.374 e. The van der Waals surface area contributed by atoms with Gasteiger partial charge in [0.25, 0.3) is 0 Å². The van der Waals surface area contributed by atoms with Crippen molar-refractivity contribution in [3.63, 3.8) is 0 Å². The molecule has 1 aromatic heterocycles. The Hall–Kier alpha value is -0.680. The van der Waals surface area contributed by atoms with Crippen LogP contribution in [0.2, 0.25) is 0 Å². The van der Waals surface area contributed by atoms with Crippen LogP contribution < -0.4 is 5.32 Å². The smallest absolute Gasteiger partial charge is 0.134 e. The van der Waals surface area contributed by atoms with Crippen LogP contribution >= 0.6 is 11.5 Å². The second-order valence-electron chi connectivity index (χ2n) is 5.40. The molecule has 1 aliphatic heterocycles. The highest BCUT2D eigenvalue weighted by Crippen LogP contribution is 2.27. The van der Waals surface area contributed by atoms with E-state index in [4.69, 9.17) is 0 Å². The fraction of sp³-hybridized carbons (Fsp3) is 0.846. The molecule has 0 radical (unpaired) electrons. The Balaban J connectivity index is 1.98. The molecule has 1 atom stereocenters. The largest absolute Gasteiger partial charge is 0.374 e. The lowest BCUT2D eigenvalue weighted by Crippen LogP contribution is -2.33. The van der Waals surface area contributed by atoms with Crippen molar-refractivity contribution >= 4 is 16.5 Å². The van der Waals surface area contributed by atoms with E-state index in [-0.39, 0.29) is 0 Å². The molecular weight excluding hydrogens is 244 g/mol. The quantitative estimate of drug-likeness (QED) is 0.861. The Kier molecular flexibility index (Phi) is 4.95. The van der Waals surface area contributed by atoms with E-state index in [9.17, 15) is 0 Å². The van der Waals surface area contributed by atoms with E-state index in [0.29, 0.717) is 6.04 Å². The Bertz CT molecular complexity index is 364. The van der Waals surface area contributed by atoms with Crippen LogP contribution in [-0.4, -0.2) is 33.6 Å². The number of nitrogens with zero attached hydrogens (tertiary/aromatic N) is 3. The number of likely N-dealkylation sites (tertiary alicyclic amines) is 1. The zero-order chi connectivity index (χ0) is 13.0. The molecule has 1 saturated heterocycles. The molecule has 2 rings (SSSR count). The van der Waals surface area contributed by atoms with Gasteiger partial charge in [-0.1, -0.05) is 25.3 Å². The zero-order valence-corrected chi connectivity index (χ0v) is 12.5. The number of hydrogen-bond acceptors (Lipinski definition) is 5. The first-order valence-corrected chi connectivity index (χ1v) is 7.78. The summed E-state index contributed by atoms with van der Waals surface area (Å²) in [6, 6.07) is 0.714. The topological polar surface area (TPSA) is 41.1 Å². The van der Waals surface area contributed by atoms with Crippen LogP contribution in [0.4, 0.5) is 5.00 Å². The highest BCUT2D eigenvalue weighted by Gasteiger charge is 2.28. The van der Waals surface area contributed by atoms with Gasteiger partial charge < -0.3 is 5.32 Å². The Morgan fingerprint density at radius 1 is 1.50 bits per heavy atom. The second-order valence-corrected chi connectivity index (χ2v) is 6.15. The van der Waals surface area contributed by atoms with Crippen molar-refractivity contribution in [2.45, 2.75) is 52.6 Å². The van der Waals surface area contributed by atoms with Crippen molar-refractivity contribution in [1.82, 2.24) is 14.5 Å². The van der Waals surface area contributed by atoms with Crippen molar-refractivity contribution in [2.75, 3.05) is 18.4 Å². The van der Waals surface area contributed by atoms with Crippen molar-refractivity contribution in [1.29, 1.82) is 0 Å². The highest BCUT2D eigenvalue weighted by atomic mass is 32.1. The van der Waals surface area contributed by atoms with Crippen molar-refractivity contribution in [3.8, 4) is 0 Å². The summed E-state index contributed by atoms with van der Waals surface area (Å²) in [7, 11) is 0. The highest BCUT2D eigenvalue weighted by molar-refractivity contribution is 7.10. The molecule has 0 amide bonds. The second kappa shape index (κ2) is 6.48. The summed E-state index contributed by atoms with van der Waals surface area (Å²) in [5.74, 6) is 0.728. The van der Waals surface area contributed by atoms with Crippen LogP contribution in [0.25, 0.3) is 0 Å². The lowest BCUT2D eigenvalue weighted by Gasteiger charge is -2.26. The average molecular weight is 268 g/mol. The van der Waals surface area contributed by atoms with Gasteiger partial charge in [-0.2, -0.15) is 0 Å². The third-order valence-corrected chi connectivity index (χ3v) is 4.35. The summed E-state index contributed by atoms with van der Waals surface area (Å²) >= 11 is 1.48. The number of anilines is 1. The molecular formula is C13H24N4S. The maximum Gasteiger partial charge on any atom is 0.134 e. The number of rotatable bonds is 6. The van der Waals surface area contributed by atoms with Gasteiger partial charge in [-0.15, -0.1) is 5.10 Å². The summed E-state index contributed by atoms with van der Waals surface area (Å²) in [6.45, 7) is 9.97. The SMILES string of the molecule is CCCNc1snnc1CN1CCCC1C(C)C. The molecule has 1 unspecified atom stereocenters. The summed E-state index contributed by atoms with van der Waals surface area (Å²) in [4.78, 5) is 2.57. The van der Waals surface area contributed by atoms with Crippen LogP contribution in [0.15, 0.2) is 0 Å². The lowest BCUT2D eigenvalue weighted by atomic mass is 10.0. The fourth-order valence-corrected chi connectivity index (χ4v) is 3.28. The standard InChI is InChI=1S/C13H24N4S/c1-4-7-14-13-11(15-16-18-13)9-17-8-5-6-12(17)10(2)3/h10,12,14H,4-9H2,1-3H3. The summed E-state index contributed by atoms with van der Waals surface area (Å²) in [5.41, 5.74) is 1.13. The third-order valence-electron chi connectivity index (χ3n) is 3.63. The molecule has 102 valence electrons. The van der Waals surface area contributed by atoms with Gasteiger partial charge in [0.05, 0.1) is 0 Å². The van der Waals surface area contributed by atoms with Gasteiger partial charge >= 0.3 is 0 Å². The number of hydrogen-bond donors (Lipinski definition) is 1. The summed E-state index contributed by atoms with van der Waals surface area (Å²) in [6.07, 6.45) is 3.78. The lowest BCUT2D eigenvalue weighted by molar-refractivity contribution is 0.197. The third kappa shape index (κ3) is 3.20. The number of nitrogens with one attached hydrogen (secondary N) is 1. The van der Waals surface area contributed by atoms with E-state index in [2.05, 4.69) is 40.6 Å². The molecule has 0 spiro atoms. The van der Waals surface area contributed by atoms with E-state index in [1.165, 1.54) is 30.9 Å². The van der Waals surface area contributed by atoms with Gasteiger partial charge in [0, 0.05) is 30.7 Å². The minimum absolute atomic E-state index is 0.714. The zero-order valence-electron chi connectivity index (χ0n) is 11.6. The van der Waals surface area contributed by atoms with E-state index in [0.717, 1.165) is 36.1 Å². The molecule has 1 N–H and O–H groups in total. The van der Waals surface area contributed by atoms with Crippen molar-refractivity contribution in [3.05, 3.63) is 5.69 Å². The van der Waals surface area contributed by atoms with Crippen LogP contribution in [0, 0.1) is 5.92 Å². The van der Waals surface area contributed by atoms with Crippen LogP contribution in [0.1, 0.15) is 45.7 Å². The van der Waals surface area contributed by atoms with Crippen LogP contribution in [0.3, 0.4) is 0 Å². The first-order valence-electron chi connectivity index (χ1n) is 7.01.